The van der Waals surface area contributed by atoms with Gasteiger partial charge in [-0.3, -0.25) is 4.90 Å². The molecule has 4 nitrogen and oxygen atoms in total. The summed E-state index contributed by atoms with van der Waals surface area (Å²) >= 11 is 0. The van der Waals surface area contributed by atoms with E-state index in [9.17, 15) is 5.11 Å². The Morgan fingerprint density at radius 3 is 2.57 bits per heavy atom. The van der Waals surface area contributed by atoms with Crippen molar-refractivity contribution in [3.63, 3.8) is 0 Å². The van der Waals surface area contributed by atoms with Gasteiger partial charge in [-0.15, -0.1) is 0 Å². The number of nitrogens with zero attached hydrogens (tertiary/aromatic N) is 1. The number of anilines is 1. The normalized spacial score (nSPS) is 21.0. The van der Waals surface area contributed by atoms with Crippen LogP contribution < -0.4 is 5.32 Å². The van der Waals surface area contributed by atoms with Crippen molar-refractivity contribution in [2.24, 2.45) is 0 Å². The zero-order chi connectivity index (χ0) is 20.4. The smallest absolute Gasteiger partial charge is 0.141 e. The van der Waals surface area contributed by atoms with Gasteiger partial charge in [-0.1, -0.05) is 18.2 Å². The van der Waals surface area contributed by atoms with Crippen molar-refractivity contribution in [3.05, 3.63) is 53.2 Å². The fourth-order valence-corrected chi connectivity index (χ4v) is 4.29. The number of H-pyrrole nitrogens is 1. The molecule has 0 aliphatic carbocycles. The first-order valence-electron chi connectivity index (χ1n) is 9.35. The lowest BCUT2D eigenvalue weighted by Gasteiger charge is -2.46. The van der Waals surface area contributed by atoms with Gasteiger partial charge in [0.05, 0.1) is 28.8 Å². The van der Waals surface area contributed by atoms with Crippen molar-refractivity contribution in [1.82, 2.24) is 9.88 Å². The van der Waals surface area contributed by atoms with Crippen molar-refractivity contribution >= 4 is 16.6 Å². The van der Waals surface area contributed by atoms with Crippen LogP contribution in [0.25, 0.3) is 22.0 Å². The maximum Gasteiger partial charge on any atom is 0.141 e. The number of rotatable bonds is 2. The molecule has 3 aromatic rings. The van der Waals surface area contributed by atoms with E-state index in [1.165, 1.54) is 6.07 Å². The number of fused-ring (bicyclic) bond motifs is 2. The first kappa shape index (κ1) is 18.9. The number of likely N-dealkylation sites (N-methyl/N-ethyl adjacent to an activating group) is 1. The van der Waals surface area contributed by atoms with Crippen LogP contribution in [-0.4, -0.2) is 40.7 Å². The third-order valence-corrected chi connectivity index (χ3v) is 5.80. The number of aliphatic hydroxyl groups excluding tert-OH is 1. The van der Waals surface area contributed by atoms with Crippen molar-refractivity contribution in [2.45, 2.75) is 38.5 Å². The van der Waals surface area contributed by atoms with Crippen LogP contribution in [0.2, 0.25) is 0 Å². The van der Waals surface area contributed by atoms with Gasteiger partial charge in [0.1, 0.15) is 11.6 Å². The van der Waals surface area contributed by atoms with Gasteiger partial charge >= 0.3 is 0 Å². The van der Waals surface area contributed by atoms with E-state index < -0.39 is 29.3 Å². The predicted molar refractivity (Wildman–Crippen MR) is 109 cm³/mol. The summed E-state index contributed by atoms with van der Waals surface area (Å²) in [6.07, 6.45) is 0.963. The lowest BCUT2D eigenvalue weighted by Crippen LogP contribution is -2.54. The average Bonchev–Trinajstić information content (AvgIpc) is 2.98. The molecule has 2 heterocycles. The van der Waals surface area contributed by atoms with Crippen molar-refractivity contribution in [3.8, 4) is 11.1 Å². The van der Waals surface area contributed by atoms with E-state index in [0.29, 0.717) is 16.8 Å². The Morgan fingerprint density at radius 1 is 1.18 bits per heavy atom. The number of aromatic nitrogens is 1. The van der Waals surface area contributed by atoms with Crippen LogP contribution in [0, 0.1) is 18.6 Å². The summed E-state index contributed by atoms with van der Waals surface area (Å²) < 4.78 is 31.0. The Balaban J connectivity index is 2.02. The lowest BCUT2D eigenvalue weighted by atomic mass is 9.80. The second kappa shape index (κ2) is 6.29. The molecule has 1 aliphatic rings. The van der Waals surface area contributed by atoms with Crippen LogP contribution in [0.5, 0.6) is 0 Å². The number of hydrogen-bond donors (Lipinski definition) is 3. The molecule has 0 amide bonds. The third-order valence-electron chi connectivity index (χ3n) is 5.80. The van der Waals surface area contributed by atoms with Crippen molar-refractivity contribution < 1.29 is 13.9 Å². The Labute approximate surface area is 163 Å². The van der Waals surface area contributed by atoms with E-state index in [2.05, 4.69) is 10.3 Å². The molecule has 148 valence electrons. The maximum absolute atomic E-state index is 15.8. The number of halogens is 2. The molecule has 0 bridgehead atoms. The molecule has 2 aromatic carbocycles. The number of nitrogens with one attached hydrogen (secondary N) is 2. The summed E-state index contributed by atoms with van der Waals surface area (Å²) in [5.41, 5.74) is 2.05. The van der Waals surface area contributed by atoms with Crippen LogP contribution in [0.1, 0.15) is 31.0 Å². The minimum absolute atomic E-state index is 0.0771. The fraction of sp³-hybridized carbons (Fsp3) is 0.364. The Bertz CT molecular complexity index is 1070. The summed E-state index contributed by atoms with van der Waals surface area (Å²) in [4.78, 5) is 4.91. The molecule has 0 fully saturated rings. The van der Waals surface area contributed by atoms with Crippen molar-refractivity contribution in [2.75, 3.05) is 19.4 Å². The standard InChI is InChI=1S/C22H25F2N3O/c1-11-10-25-19-12(11)7-6-8-13(19)16-14(23)9-15-17(18(16)24)20(27(4)5)21(28)22(2,3)26-15/h6-10,20-21,25-26,28H,1-5H3/t20-,21+/m1/s1. The summed E-state index contributed by atoms with van der Waals surface area (Å²) in [5.74, 6) is -1.27. The fourth-order valence-electron chi connectivity index (χ4n) is 4.29. The first-order chi connectivity index (χ1) is 13.1. The van der Waals surface area contributed by atoms with E-state index in [-0.39, 0.29) is 11.1 Å². The molecule has 0 unspecified atom stereocenters. The minimum Gasteiger partial charge on any atom is -0.389 e. The largest absolute Gasteiger partial charge is 0.389 e. The highest BCUT2D eigenvalue weighted by Crippen LogP contribution is 2.45. The van der Waals surface area contributed by atoms with E-state index in [0.717, 1.165) is 10.9 Å². The number of aryl methyl sites for hydroxylation is 1. The average molecular weight is 385 g/mol. The molecule has 6 heteroatoms. The summed E-state index contributed by atoms with van der Waals surface area (Å²) in [6, 6.07) is 6.18. The summed E-state index contributed by atoms with van der Waals surface area (Å²) in [5, 5.41) is 14.9. The van der Waals surface area contributed by atoms with E-state index in [1.807, 2.05) is 33.0 Å². The molecule has 0 saturated heterocycles. The predicted octanol–water partition coefficient (Wildman–Crippen LogP) is 4.59. The molecule has 1 aliphatic heterocycles. The molecule has 3 N–H and O–H groups in total. The van der Waals surface area contributed by atoms with Crippen LogP contribution in [0.15, 0.2) is 30.5 Å². The number of aromatic amines is 1. The molecule has 0 saturated carbocycles. The molecule has 4 rings (SSSR count). The zero-order valence-corrected chi connectivity index (χ0v) is 16.7. The van der Waals surface area contributed by atoms with Gasteiger partial charge in [-0.05, 0) is 46.5 Å². The van der Waals surface area contributed by atoms with E-state index in [1.54, 1.807) is 31.1 Å². The van der Waals surface area contributed by atoms with E-state index in [4.69, 9.17) is 0 Å². The van der Waals surface area contributed by atoms with Gasteiger partial charge in [-0.25, -0.2) is 8.78 Å². The Morgan fingerprint density at radius 2 is 1.89 bits per heavy atom. The number of hydrogen-bond acceptors (Lipinski definition) is 3. The van der Waals surface area contributed by atoms with Crippen LogP contribution in [0.4, 0.5) is 14.5 Å². The van der Waals surface area contributed by atoms with Gasteiger partial charge in [0.2, 0.25) is 0 Å². The molecule has 2 atom stereocenters. The van der Waals surface area contributed by atoms with Gasteiger partial charge in [0.25, 0.3) is 0 Å². The summed E-state index contributed by atoms with van der Waals surface area (Å²) in [7, 11) is 3.58. The van der Waals surface area contributed by atoms with Crippen LogP contribution in [-0.2, 0) is 0 Å². The van der Waals surface area contributed by atoms with Crippen LogP contribution >= 0.6 is 0 Å². The van der Waals surface area contributed by atoms with Gasteiger partial charge in [-0.2, -0.15) is 0 Å². The Kier molecular flexibility index (Phi) is 4.25. The number of para-hydroxylation sites is 1. The second-order valence-corrected chi connectivity index (χ2v) is 8.41. The van der Waals surface area contributed by atoms with E-state index >= 15 is 8.78 Å². The van der Waals surface area contributed by atoms with Crippen molar-refractivity contribution in [1.29, 1.82) is 0 Å². The quantitative estimate of drug-likeness (QED) is 0.605. The third kappa shape index (κ3) is 2.63. The maximum atomic E-state index is 15.8. The topological polar surface area (TPSA) is 51.3 Å². The molecular weight excluding hydrogens is 360 g/mol. The summed E-state index contributed by atoms with van der Waals surface area (Å²) in [6.45, 7) is 5.60. The monoisotopic (exact) mass is 385 g/mol. The zero-order valence-electron chi connectivity index (χ0n) is 16.7. The Hall–Kier alpha value is -2.44. The van der Waals surface area contributed by atoms with Gasteiger partial charge in [0.15, 0.2) is 0 Å². The highest BCUT2D eigenvalue weighted by molar-refractivity contribution is 5.96. The molecule has 0 radical (unpaired) electrons. The molecule has 28 heavy (non-hydrogen) atoms. The number of benzene rings is 2. The highest BCUT2D eigenvalue weighted by atomic mass is 19.1. The van der Waals surface area contributed by atoms with Gasteiger partial charge < -0.3 is 15.4 Å². The SMILES string of the molecule is Cc1c[nH]c2c(-c3c(F)cc4c(c3F)[C@@H](N(C)C)[C@H](O)C(C)(C)N4)cccc12. The second-order valence-electron chi connectivity index (χ2n) is 8.41. The number of aliphatic hydroxyl groups is 1. The molecule has 0 spiro atoms. The molecule has 1 aromatic heterocycles. The first-order valence-corrected chi connectivity index (χ1v) is 9.35. The lowest BCUT2D eigenvalue weighted by molar-refractivity contribution is 0.0261. The minimum atomic E-state index is -0.869. The van der Waals surface area contributed by atoms with Gasteiger partial charge in [0, 0.05) is 28.4 Å². The molecular formula is C22H25F2N3O. The highest BCUT2D eigenvalue weighted by Gasteiger charge is 2.44. The van der Waals surface area contributed by atoms with Crippen LogP contribution in [0.3, 0.4) is 0 Å².